The number of furan rings is 1. The van der Waals surface area contributed by atoms with Crippen LogP contribution in [0.25, 0.3) is 0 Å². The topological polar surface area (TPSA) is 82.9 Å². The summed E-state index contributed by atoms with van der Waals surface area (Å²) in [5, 5.41) is 2.77. The summed E-state index contributed by atoms with van der Waals surface area (Å²) in [7, 11) is 0. The molecule has 0 unspecified atom stereocenters. The summed E-state index contributed by atoms with van der Waals surface area (Å²) in [6.07, 6.45) is 6.67. The van der Waals surface area contributed by atoms with Crippen LogP contribution in [0.4, 0.5) is 4.79 Å². The molecule has 1 saturated heterocycles. The third-order valence-corrected chi connectivity index (χ3v) is 5.74. The predicted molar refractivity (Wildman–Crippen MR) is 95.1 cm³/mol. The zero-order chi connectivity index (χ0) is 18.7. The summed E-state index contributed by atoms with van der Waals surface area (Å²) >= 11 is 0. The standard InChI is InChI=1S/C19H27N3O4/c1-3-19(4-2)17(24)22(18(25)20-19)13-16(23)21(14-8-5-6-9-14)12-15-10-7-11-26-15/h7,10-11,14H,3-6,8-9,12-13H2,1-2H3,(H,20,25). The molecule has 1 aromatic heterocycles. The second-order valence-corrected chi connectivity index (χ2v) is 7.15. The van der Waals surface area contributed by atoms with Gasteiger partial charge in [-0.25, -0.2) is 4.79 Å². The number of hydrogen-bond donors (Lipinski definition) is 1. The van der Waals surface area contributed by atoms with Crippen molar-refractivity contribution < 1.29 is 18.8 Å². The lowest BCUT2D eigenvalue weighted by Gasteiger charge is -2.30. The van der Waals surface area contributed by atoms with Crippen molar-refractivity contribution in [2.45, 2.75) is 70.5 Å². The van der Waals surface area contributed by atoms with Gasteiger partial charge in [0.05, 0.1) is 12.8 Å². The lowest BCUT2D eigenvalue weighted by molar-refractivity contribution is -0.141. The number of amides is 4. The zero-order valence-electron chi connectivity index (χ0n) is 15.5. The Morgan fingerprint density at radius 1 is 1.31 bits per heavy atom. The number of hydrogen-bond acceptors (Lipinski definition) is 4. The molecule has 142 valence electrons. The molecule has 0 radical (unpaired) electrons. The maximum atomic E-state index is 13.0. The van der Waals surface area contributed by atoms with E-state index in [2.05, 4.69) is 5.32 Å². The maximum absolute atomic E-state index is 13.0. The Hall–Kier alpha value is -2.31. The Kier molecular flexibility index (Phi) is 5.34. The Labute approximate surface area is 153 Å². The molecule has 2 aliphatic rings. The van der Waals surface area contributed by atoms with Gasteiger partial charge in [0.1, 0.15) is 17.8 Å². The van der Waals surface area contributed by atoms with Crippen molar-refractivity contribution in [1.82, 2.24) is 15.1 Å². The maximum Gasteiger partial charge on any atom is 0.325 e. The van der Waals surface area contributed by atoms with Gasteiger partial charge in [0.15, 0.2) is 0 Å². The summed E-state index contributed by atoms with van der Waals surface area (Å²) in [6.45, 7) is 3.89. The molecule has 4 amide bonds. The van der Waals surface area contributed by atoms with E-state index in [9.17, 15) is 14.4 Å². The fraction of sp³-hybridized carbons (Fsp3) is 0.632. The smallest absolute Gasteiger partial charge is 0.325 e. The van der Waals surface area contributed by atoms with E-state index in [-0.39, 0.29) is 24.4 Å². The molecule has 26 heavy (non-hydrogen) atoms. The largest absolute Gasteiger partial charge is 0.467 e. The summed E-state index contributed by atoms with van der Waals surface area (Å²) in [4.78, 5) is 40.9. The Balaban J connectivity index is 1.75. The first-order valence-corrected chi connectivity index (χ1v) is 9.46. The van der Waals surface area contributed by atoms with E-state index < -0.39 is 11.6 Å². The molecule has 7 heteroatoms. The lowest BCUT2D eigenvalue weighted by atomic mass is 9.93. The zero-order valence-corrected chi connectivity index (χ0v) is 15.5. The number of nitrogens with one attached hydrogen (secondary N) is 1. The summed E-state index contributed by atoms with van der Waals surface area (Å²) in [5.41, 5.74) is -0.878. The van der Waals surface area contributed by atoms with Crippen LogP contribution in [0.15, 0.2) is 22.8 Å². The van der Waals surface area contributed by atoms with Gasteiger partial charge in [-0.3, -0.25) is 14.5 Å². The van der Waals surface area contributed by atoms with Crippen LogP contribution >= 0.6 is 0 Å². The summed E-state index contributed by atoms with van der Waals surface area (Å²) in [6, 6.07) is 3.29. The molecular formula is C19H27N3O4. The van der Waals surface area contributed by atoms with Crippen molar-refractivity contribution in [2.75, 3.05) is 6.54 Å². The third kappa shape index (κ3) is 3.34. The summed E-state index contributed by atoms with van der Waals surface area (Å²) in [5.74, 6) is 0.198. The van der Waals surface area contributed by atoms with Crippen LogP contribution in [0.2, 0.25) is 0 Å². The quantitative estimate of drug-likeness (QED) is 0.757. The van der Waals surface area contributed by atoms with E-state index in [1.54, 1.807) is 17.2 Å². The molecule has 1 saturated carbocycles. The molecule has 0 atom stereocenters. The van der Waals surface area contributed by atoms with E-state index >= 15 is 0 Å². The van der Waals surface area contributed by atoms with Gasteiger partial charge < -0.3 is 14.6 Å². The highest BCUT2D eigenvalue weighted by atomic mass is 16.3. The third-order valence-electron chi connectivity index (χ3n) is 5.74. The fourth-order valence-electron chi connectivity index (χ4n) is 3.98. The number of rotatable bonds is 7. The molecule has 7 nitrogen and oxygen atoms in total. The van der Waals surface area contributed by atoms with Crippen LogP contribution in [-0.4, -0.2) is 45.8 Å². The lowest BCUT2D eigenvalue weighted by Crippen LogP contribution is -2.48. The molecule has 0 aromatic carbocycles. The number of carbonyl (C=O) groups is 3. The Morgan fingerprint density at radius 2 is 2.00 bits per heavy atom. The number of imide groups is 1. The van der Waals surface area contributed by atoms with Crippen molar-refractivity contribution in [3.63, 3.8) is 0 Å². The molecule has 2 heterocycles. The first-order valence-electron chi connectivity index (χ1n) is 9.46. The van der Waals surface area contributed by atoms with E-state index in [0.717, 1.165) is 30.6 Å². The number of carbonyl (C=O) groups excluding carboxylic acids is 3. The highest BCUT2D eigenvalue weighted by Crippen LogP contribution is 2.27. The molecular weight excluding hydrogens is 334 g/mol. The van der Waals surface area contributed by atoms with Crippen molar-refractivity contribution >= 4 is 17.8 Å². The first kappa shape index (κ1) is 18.5. The van der Waals surface area contributed by atoms with Crippen LogP contribution in [0, 0.1) is 0 Å². The van der Waals surface area contributed by atoms with Gasteiger partial charge in [0, 0.05) is 6.04 Å². The first-order chi connectivity index (χ1) is 12.5. The normalized spacial score (nSPS) is 19.8. The number of nitrogens with zero attached hydrogens (tertiary/aromatic N) is 2. The monoisotopic (exact) mass is 361 g/mol. The average Bonchev–Trinajstić information content (AvgIpc) is 3.37. The average molecular weight is 361 g/mol. The van der Waals surface area contributed by atoms with Gasteiger partial charge in [-0.2, -0.15) is 0 Å². The summed E-state index contributed by atoms with van der Waals surface area (Å²) < 4.78 is 5.40. The molecule has 2 fully saturated rings. The molecule has 0 spiro atoms. The molecule has 1 aromatic rings. The van der Waals surface area contributed by atoms with Gasteiger partial charge in [0.2, 0.25) is 5.91 Å². The van der Waals surface area contributed by atoms with E-state index in [4.69, 9.17) is 4.42 Å². The van der Waals surface area contributed by atoms with Crippen LogP contribution in [-0.2, 0) is 16.1 Å². The van der Waals surface area contributed by atoms with Crippen LogP contribution in [0.5, 0.6) is 0 Å². The Morgan fingerprint density at radius 3 is 2.54 bits per heavy atom. The molecule has 3 rings (SSSR count). The molecule has 1 N–H and O–H groups in total. The van der Waals surface area contributed by atoms with Crippen molar-refractivity contribution in [3.05, 3.63) is 24.2 Å². The van der Waals surface area contributed by atoms with Gasteiger partial charge in [-0.1, -0.05) is 26.7 Å². The van der Waals surface area contributed by atoms with Crippen molar-refractivity contribution in [2.24, 2.45) is 0 Å². The number of urea groups is 1. The highest BCUT2D eigenvalue weighted by Gasteiger charge is 2.49. The van der Waals surface area contributed by atoms with Crippen molar-refractivity contribution in [3.8, 4) is 0 Å². The predicted octanol–water partition coefficient (Wildman–Crippen LogP) is 2.66. The van der Waals surface area contributed by atoms with Crippen LogP contribution < -0.4 is 5.32 Å². The van der Waals surface area contributed by atoms with Gasteiger partial charge in [-0.05, 0) is 37.8 Å². The minimum absolute atomic E-state index is 0.135. The SMILES string of the molecule is CCC1(CC)NC(=O)N(CC(=O)N(Cc2ccco2)C2CCCC2)C1=O. The van der Waals surface area contributed by atoms with E-state index in [1.807, 2.05) is 19.9 Å². The highest BCUT2D eigenvalue weighted by molar-refractivity contribution is 6.09. The van der Waals surface area contributed by atoms with Gasteiger partial charge in [0.25, 0.3) is 5.91 Å². The fourth-order valence-corrected chi connectivity index (χ4v) is 3.98. The van der Waals surface area contributed by atoms with Gasteiger partial charge in [-0.15, -0.1) is 0 Å². The second-order valence-electron chi connectivity index (χ2n) is 7.15. The Bertz CT molecular complexity index is 660. The minimum Gasteiger partial charge on any atom is -0.467 e. The molecule has 1 aliphatic heterocycles. The van der Waals surface area contributed by atoms with Crippen LogP contribution in [0.1, 0.15) is 58.1 Å². The molecule has 1 aliphatic carbocycles. The van der Waals surface area contributed by atoms with E-state index in [1.165, 1.54) is 0 Å². The second kappa shape index (κ2) is 7.51. The minimum atomic E-state index is -0.878. The molecule has 0 bridgehead atoms. The van der Waals surface area contributed by atoms with Crippen molar-refractivity contribution in [1.29, 1.82) is 0 Å². The van der Waals surface area contributed by atoms with E-state index in [0.29, 0.717) is 25.1 Å². The van der Waals surface area contributed by atoms with Gasteiger partial charge >= 0.3 is 6.03 Å². The van der Waals surface area contributed by atoms with Crippen LogP contribution in [0.3, 0.4) is 0 Å².